The van der Waals surface area contributed by atoms with E-state index in [0.717, 1.165) is 0 Å². The Morgan fingerprint density at radius 1 is 1.25 bits per heavy atom. The fraction of sp³-hybridized carbons (Fsp3) is 0.429. The highest BCUT2D eigenvalue weighted by Gasteiger charge is 2.12. The fourth-order valence-electron chi connectivity index (χ4n) is 1.40. The fourth-order valence-corrected chi connectivity index (χ4v) is 1.94. The maximum atomic E-state index is 5.03. The van der Waals surface area contributed by atoms with Gasteiger partial charge in [0, 0.05) is 10.7 Å². The standard InChI is InChI=1S/C14H19IO/c1-14(2,3)12-7-5-11(6-8-12)13(15)9-10-16-4/h5-9H,10H2,1-4H3/b13-9-. The van der Waals surface area contributed by atoms with Crippen LogP contribution >= 0.6 is 22.6 Å². The summed E-state index contributed by atoms with van der Waals surface area (Å²) < 4.78 is 6.27. The molecule has 88 valence electrons. The largest absolute Gasteiger partial charge is 0.381 e. The smallest absolute Gasteiger partial charge is 0.0657 e. The van der Waals surface area contributed by atoms with E-state index in [1.807, 2.05) is 0 Å². The lowest BCUT2D eigenvalue weighted by Crippen LogP contribution is -2.10. The second-order valence-electron chi connectivity index (χ2n) is 4.83. The second kappa shape index (κ2) is 5.82. The highest BCUT2D eigenvalue weighted by molar-refractivity contribution is 14.1. The summed E-state index contributed by atoms with van der Waals surface area (Å²) in [5.41, 5.74) is 2.85. The Morgan fingerprint density at radius 2 is 1.81 bits per heavy atom. The maximum Gasteiger partial charge on any atom is 0.0657 e. The van der Waals surface area contributed by atoms with Gasteiger partial charge in [-0.1, -0.05) is 45.0 Å². The van der Waals surface area contributed by atoms with Crippen molar-refractivity contribution in [2.75, 3.05) is 13.7 Å². The Balaban J connectivity index is 2.87. The highest BCUT2D eigenvalue weighted by atomic mass is 127. The van der Waals surface area contributed by atoms with Gasteiger partial charge in [0.05, 0.1) is 6.61 Å². The van der Waals surface area contributed by atoms with Gasteiger partial charge in [-0.2, -0.15) is 0 Å². The van der Waals surface area contributed by atoms with Gasteiger partial charge in [0.25, 0.3) is 0 Å². The SMILES string of the molecule is COC/C=C(\I)c1ccc(C(C)(C)C)cc1. The van der Waals surface area contributed by atoms with Crippen LogP contribution < -0.4 is 0 Å². The minimum atomic E-state index is 0.222. The normalized spacial score (nSPS) is 12.9. The summed E-state index contributed by atoms with van der Waals surface area (Å²) >= 11 is 2.34. The first-order valence-electron chi connectivity index (χ1n) is 5.40. The predicted octanol–water partition coefficient (Wildman–Crippen LogP) is 4.41. The molecule has 0 atom stereocenters. The molecule has 0 radical (unpaired) electrons. The van der Waals surface area contributed by atoms with Crippen LogP contribution in [0.4, 0.5) is 0 Å². The minimum absolute atomic E-state index is 0.222. The summed E-state index contributed by atoms with van der Waals surface area (Å²) in [6.45, 7) is 7.36. The number of hydrogen-bond acceptors (Lipinski definition) is 1. The third-order valence-electron chi connectivity index (χ3n) is 2.46. The molecule has 0 saturated carbocycles. The average molecular weight is 330 g/mol. The molecule has 0 bridgehead atoms. The van der Waals surface area contributed by atoms with Crippen molar-refractivity contribution in [1.82, 2.24) is 0 Å². The van der Waals surface area contributed by atoms with Crippen LogP contribution in [0.5, 0.6) is 0 Å². The molecule has 0 fully saturated rings. The Kier molecular flexibility index (Phi) is 4.99. The summed E-state index contributed by atoms with van der Waals surface area (Å²) in [4.78, 5) is 0. The molecule has 0 unspecified atom stereocenters. The summed E-state index contributed by atoms with van der Waals surface area (Å²) in [5.74, 6) is 0. The van der Waals surface area contributed by atoms with Crippen LogP contribution in [0.2, 0.25) is 0 Å². The van der Waals surface area contributed by atoms with E-state index in [1.165, 1.54) is 14.7 Å². The quantitative estimate of drug-likeness (QED) is 0.746. The van der Waals surface area contributed by atoms with Crippen molar-refractivity contribution < 1.29 is 4.74 Å². The molecule has 0 aliphatic carbocycles. The summed E-state index contributed by atoms with van der Waals surface area (Å²) in [5, 5.41) is 0. The Morgan fingerprint density at radius 3 is 2.25 bits per heavy atom. The molecule has 0 aliphatic rings. The molecule has 0 heterocycles. The molecular formula is C14H19IO. The Labute approximate surface area is 112 Å². The third kappa shape index (κ3) is 3.91. The average Bonchev–Trinajstić information content (AvgIpc) is 2.25. The maximum absolute atomic E-state index is 5.03. The number of hydrogen-bond donors (Lipinski definition) is 0. The van der Waals surface area contributed by atoms with Crippen LogP contribution in [0.15, 0.2) is 30.3 Å². The first-order valence-corrected chi connectivity index (χ1v) is 6.48. The molecular weight excluding hydrogens is 311 g/mol. The van der Waals surface area contributed by atoms with Crippen LogP contribution in [0.25, 0.3) is 3.58 Å². The van der Waals surface area contributed by atoms with Crippen molar-refractivity contribution in [2.45, 2.75) is 26.2 Å². The third-order valence-corrected chi connectivity index (χ3v) is 3.52. The van der Waals surface area contributed by atoms with Crippen LogP contribution in [-0.4, -0.2) is 13.7 Å². The topological polar surface area (TPSA) is 9.23 Å². The molecule has 1 aromatic rings. The van der Waals surface area contributed by atoms with Crippen LogP contribution in [0, 0.1) is 0 Å². The number of methoxy groups -OCH3 is 1. The molecule has 0 spiro atoms. The zero-order valence-electron chi connectivity index (χ0n) is 10.4. The molecule has 0 aliphatic heterocycles. The van der Waals surface area contributed by atoms with Gasteiger partial charge in [-0.3, -0.25) is 0 Å². The van der Waals surface area contributed by atoms with Crippen molar-refractivity contribution in [3.8, 4) is 0 Å². The zero-order chi connectivity index (χ0) is 12.2. The van der Waals surface area contributed by atoms with E-state index in [9.17, 15) is 0 Å². The van der Waals surface area contributed by atoms with E-state index in [2.05, 4.69) is 73.7 Å². The lowest BCUT2D eigenvalue weighted by Gasteiger charge is -2.19. The van der Waals surface area contributed by atoms with Gasteiger partial charge in [0.15, 0.2) is 0 Å². The van der Waals surface area contributed by atoms with Gasteiger partial charge < -0.3 is 4.74 Å². The monoisotopic (exact) mass is 330 g/mol. The van der Waals surface area contributed by atoms with Crippen molar-refractivity contribution in [3.63, 3.8) is 0 Å². The molecule has 2 heteroatoms. The second-order valence-corrected chi connectivity index (χ2v) is 6.00. The van der Waals surface area contributed by atoms with Crippen LogP contribution in [-0.2, 0) is 10.2 Å². The van der Waals surface area contributed by atoms with Crippen molar-refractivity contribution >= 4 is 26.2 Å². The number of ether oxygens (including phenoxy) is 1. The first kappa shape index (κ1) is 13.7. The summed E-state index contributed by atoms with van der Waals surface area (Å²) in [7, 11) is 1.71. The van der Waals surface area contributed by atoms with Crippen LogP contribution in [0.3, 0.4) is 0 Å². The van der Waals surface area contributed by atoms with Crippen molar-refractivity contribution in [3.05, 3.63) is 41.5 Å². The minimum Gasteiger partial charge on any atom is -0.381 e. The molecule has 1 nitrogen and oxygen atoms in total. The van der Waals surface area contributed by atoms with Crippen molar-refractivity contribution in [1.29, 1.82) is 0 Å². The van der Waals surface area contributed by atoms with E-state index in [-0.39, 0.29) is 5.41 Å². The Hall–Kier alpha value is -0.350. The van der Waals surface area contributed by atoms with Gasteiger partial charge in [-0.15, -0.1) is 0 Å². The first-order chi connectivity index (χ1) is 7.45. The van der Waals surface area contributed by atoms with Crippen LogP contribution in [0.1, 0.15) is 31.9 Å². The molecule has 0 amide bonds. The molecule has 1 rings (SSSR count). The highest BCUT2D eigenvalue weighted by Crippen LogP contribution is 2.26. The molecule has 16 heavy (non-hydrogen) atoms. The van der Waals surface area contributed by atoms with Gasteiger partial charge in [-0.05, 0) is 45.2 Å². The number of halogens is 1. The molecule has 0 N–H and O–H groups in total. The van der Waals surface area contributed by atoms with Gasteiger partial charge in [0.1, 0.15) is 0 Å². The van der Waals surface area contributed by atoms with E-state index in [1.54, 1.807) is 7.11 Å². The lowest BCUT2D eigenvalue weighted by molar-refractivity contribution is 0.234. The molecule has 0 aromatic heterocycles. The van der Waals surface area contributed by atoms with Gasteiger partial charge in [0.2, 0.25) is 0 Å². The van der Waals surface area contributed by atoms with E-state index in [0.29, 0.717) is 6.61 Å². The number of benzene rings is 1. The summed E-state index contributed by atoms with van der Waals surface area (Å²) in [6.07, 6.45) is 2.09. The predicted molar refractivity (Wildman–Crippen MR) is 79.0 cm³/mol. The van der Waals surface area contributed by atoms with E-state index < -0.39 is 0 Å². The zero-order valence-corrected chi connectivity index (χ0v) is 12.5. The summed E-state index contributed by atoms with van der Waals surface area (Å²) in [6, 6.07) is 8.76. The van der Waals surface area contributed by atoms with E-state index >= 15 is 0 Å². The van der Waals surface area contributed by atoms with Crippen molar-refractivity contribution in [2.24, 2.45) is 0 Å². The lowest BCUT2D eigenvalue weighted by atomic mass is 9.87. The molecule has 0 saturated heterocycles. The Bertz CT molecular complexity index is 357. The molecule has 1 aromatic carbocycles. The van der Waals surface area contributed by atoms with Gasteiger partial charge >= 0.3 is 0 Å². The van der Waals surface area contributed by atoms with E-state index in [4.69, 9.17) is 4.74 Å². The number of rotatable bonds is 3. The van der Waals surface area contributed by atoms with Gasteiger partial charge in [-0.25, -0.2) is 0 Å².